The maximum Gasteiger partial charge on any atom is 0.325 e. The molecule has 20 heavy (non-hydrogen) atoms. The van der Waals surface area contributed by atoms with E-state index in [9.17, 15) is 9.59 Å². The average molecular weight is 299 g/mol. The van der Waals surface area contributed by atoms with E-state index in [2.05, 4.69) is 4.74 Å². The molecule has 0 heterocycles. The molecule has 0 aliphatic carbocycles. The Kier molecular flexibility index (Phi) is 5.00. The fraction of sp³-hybridized carbons (Fsp3) is 0.429. The maximum atomic E-state index is 12.6. The summed E-state index contributed by atoms with van der Waals surface area (Å²) in [6, 6.07) is 4.67. The fourth-order valence-electron chi connectivity index (χ4n) is 1.67. The number of nitrogens with zero attached hydrogens (tertiary/aromatic N) is 1. The Morgan fingerprint density at radius 2 is 1.95 bits per heavy atom. The molecule has 110 valence electrons. The number of methoxy groups -OCH3 is 1. The summed E-state index contributed by atoms with van der Waals surface area (Å²) in [6.45, 7) is 5.34. The third-order valence-electron chi connectivity index (χ3n) is 2.82. The second kappa shape index (κ2) is 6.13. The molecule has 0 saturated carbocycles. The Bertz CT molecular complexity index is 524. The topological polar surface area (TPSA) is 72.6 Å². The van der Waals surface area contributed by atoms with Gasteiger partial charge in [0, 0.05) is 16.2 Å². The van der Waals surface area contributed by atoms with Crippen molar-refractivity contribution in [3.05, 3.63) is 28.8 Å². The summed E-state index contributed by atoms with van der Waals surface area (Å²) in [5.74, 6) is -0.850. The first kappa shape index (κ1) is 16.3. The number of ether oxygens (including phenoxy) is 1. The van der Waals surface area contributed by atoms with E-state index in [1.54, 1.807) is 12.1 Å². The highest BCUT2D eigenvalue weighted by Gasteiger charge is 2.30. The van der Waals surface area contributed by atoms with Crippen molar-refractivity contribution in [3.8, 4) is 0 Å². The van der Waals surface area contributed by atoms with Gasteiger partial charge in [-0.2, -0.15) is 0 Å². The normalized spacial score (nSPS) is 11.1. The largest absolute Gasteiger partial charge is 0.468 e. The lowest BCUT2D eigenvalue weighted by molar-refractivity contribution is -0.142. The molecule has 0 bridgehead atoms. The summed E-state index contributed by atoms with van der Waals surface area (Å²) in [4.78, 5) is 25.5. The molecule has 0 aromatic heterocycles. The molecule has 1 rings (SSSR count). The first-order valence-electron chi connectivity index (χ1n) is 6.10. The lowest BCUT2D eigenvalue weighted by Crippen LogP contribution is -2.48. The van der Waals surface area contributed by atoms with Crippen LogP contribution in [0.25, 0.3) is 0 Å². The van der Waals surface area contributed by atoms with Crippen LogP contribution >= 0.6 is 11.6 Å². The number of carbonyl (C=O) groups excluding carboxylic acids is 2. The summed E-state index contributed by atoms with van der Waals surface area (Å²) in [5.41, 5.74) is 5.85. The molecule has 0 atom stereocenters. The van der Waals surface area contributed by atoms with Gasteiger partial charge < -0.3 is 15.4 Å². The summed E-state index contributed by atoms with van der Waals surface area (Å²) in [7, 11) is 1.28. The average Bonchev–Trinajstić information content (AvgIpc) is 2.36. The third-order valence-corrected chi connectivity index (χ3v) is 3.05. The number of esters is 1. The number of nitrogens with two attached hydrogens (primary N) is 1. The van der Waals surface area contributed by atoms with Crippen molar-refractivity contribution in [3.63, 3.8) is 0 Å². The van der Waals surface area contributed by atoms with Gasteiger partial charge in [0.15, 0.2) is 0 Å². The van der Waals surface area contributed by atoms with E-state index in [1.165, 1.54) is 18.1 Å². The zero-order valence-electron chi connectivity index (χ0n) is 12.1. The minimum Gasteiger partial charge on any atom is -0.468 e. The lowest BCUT2D eigenvalue weighted by atomic mass is 10.0. The fourth-order valence-corrected chi connectivity index (χ4v) is 1.84. The molecule has 2 N–H and O–H groups in total. The van der Waals surface area contributed by atoms with Crippen molar-refractivity contribution in [2.24, 2.45) is 0 Å². The second-order valence-electron chi connectivity index (χ2n) is 5.37. The second-order valence-corrected chi connectivity index (χ2v) is 5.81. The molecule has 1 aromatic rings. The van der Waals surface area contributed by atoms with Gasteiger partial charge in [-0.1, -0.05) is 11.6 Å². The number of hydrogen-bond acceptors (Lipinski definition) is 4. The molecule has 0 fully saturated rings. The molecule has 0 spiro atoms. The number of benzene rings is 1. The van der Waals surface area contributed by atoms with Gasteiger partial charge in [-0.05, 0) is 39.0 Å². The summed E-state index contributed by atoms with van der Waals surface area (Å²) in [5, 5.41) is 0.412. The van der Waals surface area contributed by atoms with E-state index in [-0.39, 0.29) is 18.0 Å². The molecular formula is C14H19ClN2O3. The van der Waals surface area contributed by atoms with Gasteiger partial charge >= 0.3 is 5.97 Å². The zero-order chi connectivity index (χ0) is 15.5. The maximum absolute atomic E-state index is 12.6. The first-order valence-corrected chi connectivity index (χ1v) is 6.48. The highest BCUT2D eigenvalue weighted by molar-refractivity contribution is 6.31. The number of rotatable bonds is 3. The standard InChI is InChI=1S/C14H19ClN2O3/c1-14(2,3)17(8-12(18)20-4)13(19)10-7-9(15)5-6-11(10)16/h5-7H,8,16H2,1-4H3. The minimum atomic E-state index is -0.556. The van der Waals surface area contributed by atoms with Crippen LogP contribution in [-0.2, 0) is 9.53 Å². The van der Waals surface area contributed by atoms with Crippen LogP contribution in [-0.4, -0.2) is 36.0 Å². The number of anilines is 1. The smallest absolute Gasteiger partial charge is 0.325 e. The third kappa shape index (κ3) is 3.87. The van der Waals surface area contributed by atoms with Gasteiger partial charge in [0.1, 0.15) is 6.54 Å². The zero-order valence-corrected chi connectivity index (χ0v) is 12.8. The summed E-state index contributed by atoms with van der Waals surface area (Å²) >= 11 is 5.89. The molecule has 1 aromatic carbocycles. The van der Waals surface area contributed by atoms with E-state index in [0.29, 0.717) is 10.7 Å². The van der Waals surface area contributed by atoms with Gasteiger partial charge in [-0.25, -0.2) is 0 Å². The predicted octanol–water partition coefficient (Wildman–Crippen LogP) is 2.34. The molecule has 5 nitrogen and oxygen atoms in total. The Morgan fingerprint density at radius 3 is 2.45 bits per heavy atom. The van der Waals surface area contributed by atoms with Crippen LogP contribution in [0, 0.1) is 0 Å². The van der Waals surface area contributed by atoms with Gasteiger partial charge in [0.25, 0.3) is 5.91 Å². The molecule has 1 amide bonds. The van der Waals surface area contributed by atoms with Crippen LogP contribution in [0.3, 0.4) is 0 Å². The van der Waals surface area contributed by atoms with Gasteiger partial charge in [0.2, 0.25) is 0 Å². The first-order chi connectivity index (χ1) is 9.16. The summed E-state index contributed by atoms with van der Waals surface area (Å²) < 4.78 is 4.63. The highest BCUT2D eigenvalue weighted by atomic mass is 35.5. The van der Waals surface area contributed by atoms with Crippen LogP contribution in [0.15, 0.2) is 18.2 Å². The molecule has 0 aliphatic heterocycles. The Balaban J connectivity index is 3.17. The number of nitrogen functional groups attached to an aromatic ring is 1. The molecular weight excluding hydrogens is 280 g/mol. The predicted molar refractivity (Wildman–Crippen MR) is 78.7 cm³/mol. The Labute approximate surface area is 123 Å². The van der Waals surface area contributed by atoms with E-state index in [1.807, 2.05) is 20.8 Å². The van der Waals surface area contributed by atoms with Gasteiger partial charge in [0.05, 0.1) is 12.7 Å². The van der Waals surface area contributed by atoms with E-state index >= 15 is 0 Å². The van der Waals surface area contributed by atoms with Crippen LogP contribution in [0.4, 0.5) is 5.69 Å². The molecule has 0 radical (unpaired) electrons. The lowest BCUT2D eigenvalue weighted by Gasteiger charge is -2.35. The summed E-state index contributed by atoms with van der Waals surface area (Å²) in [6.07, 6.45) is 0. The van der Waals surface area contributed by atoms with Crippen LogP contribution in [0.5, 0.6) is 0 Å². The van der Waals surface area contributed by atoms with E-state index in [4.69, 9.17) is 17.3 Å². The van der Waals surface area contributed by atoms with Crippen molar-refractivity contribution in [2.75, 3.05) is 19.4 Å². The van der Waals surface area contributed by atoms with Crippen molar-refractivity contribution in [2.45, 2.75) is 26.3 Å². The van der Waals surface area contributed by atoms with Gasteiger partial charge in [-0.15, -0.1) is 0 Å². The monoisotopic (exact) mass is 298 g/mol. The van der Waals surface area contributed by atoms with E-state index in [0.717, 1.165) is 0 Å². The van der Waals surface area contributed by atoms with Crippen LogP contribution < -0.4 is 5.73 Å². The molecule has 6 heteroatoms. The van der Waals surface area contributed by atoms with Crippen molar-refractivity contribution < 1.29 is 14.3 Å². The number of amides is 1. The number of halogens is 1. The SMILES string of the molecule is COC(=O)CN(C(=O)c1cc(Cl)ccc1N)C(C)(C)C. The van der Waals surface area contributed by atoms with Crippen molar-refractivity contribution >= 4 is 29.2 Å². The van der Waals surface area contributed by atoms with Crippen LogP contribution in [0.1, 0.15) is 31.1 Å². The molecule has 0 unspecified atom stereocenters. The van der Waals surface area contributed by atoms with Crippen molar-refractivity contribution in [1.82, 2.24) is 4.90 Å². The Morgan fingerprint density at radius 1 is 1.35 bits per heavy atom. The number of carbonyl (C=O) groups is 2. The Hall–Kier alpha value is -1.75. The number of hydrogen-bond donors (Lipinski definition) is 1. The minimum absolute atomic E-state index is 0.148. The molecule has 0 aliphatic rings. The van der Waals surface area contributed by atoms with Crippen molar-refractivity contribution in [1.29, 1.82) is 0 Å². The van der Waals surface area contributed by atoms with Gasteiger partial charge in [-0.3, -0.25) is 9.59 Å². The van der Waals surface area contributed by atoms with E-state index < -0.39 is 11.5 Å². The molecule has 0 saturated heterocycles. The van der Waals surface area contributed by atoms with Crippen LogP contribution in [0.2, 0.25) is 5.02 Å². The quantitative estimate of drug-likeness (QED) is 0.686. The highest BCUT2D eigenvalue weighted by Crippen LogP contribution is 2.23.